The number of nitrogens with zero attached hydrogens (tertiary/aromatic N) is 2. The summed E-state index contributed by atoms with van der Waals surface area (Å²) in [5.41, 5.74) is 2.42. The predicted molar refractivity (Wildman–Crippen MR) is 108 cm³/mol. The Morgan fingerprint density at radius 2 is 1.64 bits per heavy atom. The van der Waals surface area contributed by atoms with Gasteiger partial charge in [0.05, 0.1) is 11.1 Å². The minimum absolute atomic E-state index is 0.117. The van der Waals surface area contributed by atoms with E-state index in [0.29, 0.717) is 16.5 Å². The molecule has 0 unspecified atom stereocenters. The van der Waals surface area contributed by atoms with E-state index in [1.54, 1.807) is 36.4 Å². The molecule has 28 heavy (non-hydrogen) atoms. The van der Waals surface area contributed by atoms with Crippen LogP contribution in [0.3, 0.4) is 0 Å². The van der Waals surface area contributed by atoms with Gasteiger partial charge in [-0.3, -0.25) is 4.79 Å². The van der Waals surface area contributed by atoms with Crippen LogP contribution in [0, 0.1) is 6.92 Å². The van der Waals surface area contributed by atoms with Gasteiger partial charge in [-0.2, -0.15) is 9.78 Å². The van der Waals surface area contributed by atoms with E-state index in [1.807, 2.05) is 49.4 Å². The number of carbonyl (C=O) groups is 1. The molecular weight excluding hydrogens is 352 g/mol. The van der Waals surface area contributed by atoms with E-state index in [9.17, 15) is 9.59 Å². The zero-order chi connectivity index (χ0) is 19.5. The molecule has 0 amide bonds. The molecule has 0 aliphatic heterocycles. The van der Waals surface area contributed by atoms with Crippen LogP contribution in [0.25, 0.3) is 16.5 Å². The van der Waals surface area contributed by atoms with Crippen LogP contribution in [0.15, 0.2) is 83.7 Å². The summed E-state index contributed by atoms with van der Waals surface area (Å²) >= 11 is 0. The first-order valence-corrected chi connectivity index (χ1v) is 8.93. The number of carbonyl (C=O) groups excluding carboxylic acids is 1. The number of hydrogen-bond donors (Lipinski definition) is 0. The first-order valence-electron chi connectivity index (χ1n) is 8.93. The molecular formula is C23H18N2O3. The van der Waals surface area contributed by atoms with Crippen LogP contribution in [0.5, 0.6) is 0 Å². The molecule has 0 N–H and O–H groups in total. The molecule has 1 heterocycles. The maximum absolute atomic E-state index is 12.9. The van der Waals surface area contributed by atoms with Crippen molar-refractivity contribution in [1.82, 2.24) is 9.78 Å². The topological polar surface area (TPSA) is 61.2 Å². The second-order valence-corrected chi connectivity index (χ2v) is 6.51. The fourth-order valence-corrected chi connectivity index (χ4v) is 3.10. The van der Waals surface area contributed by atoms with Gasteiger partial charge in [-0.1, -0.05) is 66.2 Å². The van der Waals surface area contributed by atoms with Gasteiger partial charge in [0.25, 0.3) is 5.56 Å². The Morgan fingerprint density at radius 1 is 0.929 bits per heavy atom. The van der Waals surface area contributed by atoms with Crippen LogP contribution in [0.2, 0.25) is 0 Å². The summed E-state index contributed by atoms with van der Waals surface area (Å²) in [6.45, 7) is 2.12. The Labute approximate surface area is 161 Å². The smallest absolute Gasteiger partial charge is 0.359 e. The summed E-state index contributed by atoms with van der Waals surface area (Å²) in [5, 5.41) is 5.23. The first kappa shape index (κ1) is 17.7. The monoisotopic (exact) mass is 370 g/mol. The molecule has 4 rings (SSSR count). The number of aryl methyl sites for hydroxylation is 1. The van der Waals surface area contributed by atoms with Crippen LogP contribution in [0.1, 0.15) is 21.6 Å². The molecule has 5 heteroatoms. The summed E-state index contributed by atoms with van der Waals surface area (Å²) in [6, 6.07) is 23.7. The lowest BCUT2D eigenvalue weighted by Crippen LogP contribution is -2.25. The lowest BCUT2D eigenvalue weighted by Gasteiger charge is -2.11. The molecule has 0 aliphatic carbocycles. The van der Waals surface area contributed by atoms with E-state index in [4.69, 9.17) is 4.74 Å². The van der Waals surface area contributed by atoms with Crippen LogP contribution >= 0.6 is 0 Å². The number of fused-ring (bicyclic) bond motifs is 1. The highest BCUT2D eigenvalue weighted by atomic mass is 16.5. The third kappa shape index (κ3) is 3.42. The molecule has 0 saturated carbocycles. The van der Waals surface area contributed by atoms with E-state index in [2.05, 4.69) is 5.10 Å². The Bertz CT molecular complexity index is 1210. The van der Waals surface area contributed by atoms with Crippen LogP contribution in [-0.2, 0) is 11.3 Å². The van der Waals surface area contributed by atoms with Crippen molar-refractivity contribution in [1.29, 1.82) is 0 Å². The average molecular weight is 370 g/mol. The fraction of sp³-hybridized carbons (Fsp3) is 0.0870. The minimum atomic E-state index is -0.567. The van der Waals surface area contributed by atoms with Gasteiger partial charge >= 0.3 is 5.97 Å². The van der Waals surface area contributed by atoms with Crippen molar-refractivity contribution >= 4 is 16.7 Å². The molecule has 0 atom stereocenters. The van der Waals surface area contributed by atoms with Crippen molar-refractivity contribution in [3.05, 3.63) is 106 Å². The zero-order valence-electron chi connectivity index (χ0n) is 15.3. The molecule has 0 spiro atoms. The number of benzene rings is 3. The maximum atomic E-state index is 12.9. The summed E-state index contributed by atoms with van der Waals surface area (Å²) < 4.78 is 6.73. The number of aromatic nitrogens is 2. The van der Waals surface area contributed by atoms with Crippen molar-refractivity contribution in [3.63, 3.8) is 0 Å². The normalized spacial score (nSPS) is 10.8. The van der Waals surface area contributed by atoms with E-state index >= 15 is 0 Å². The van der Waals surface area contributed by atoms with Gasteiger partial charge in [0.15, 0.2) is 5.69 Å². The summed E-state index contributed by atoms with van der Waals surface area (Å²) in [6.07, 6.45) is 0. The van der Waals surface area contributed by atoms with E-state index in [-0.39, 0.29) is 17.9 Å². The van der Waals surface area contributed by atoms with Crippen LogP contribution in [-0.4, -0.2) is 15.7 Å². The quantitative estimate of drug-likeness (QED) is 0.509. The second kappa shape index (κ2) is 7.48. The van der Waals surface area contributed by atoms with E-state index in [1.165, 1.54) is 4.68 Å². The number of para-hydroxylation sites is 1. The Morgan fingerprint density at radius 3 is 2.39 bits per heavy atom. The standard InChI is InChI=1S/C23H18N2O3/c1-16-8-7-9-17(14-16)15-28-23(27)21-19-12-5-6-13-20(19)22(26)25(24-21)18-10-3-2-4-11-18/h2-14H,15H2,1H3. The largest absolute Gasteiger partial charge is 0.456 e. The highest BCUT2D eigenvalue weighted by Crippen LogP contribution is 2.17. The van der Waals surface area contributed by atoms with Crippen molar-refractivity contribution in [2.45, 2.75) is 13.5 Å². The Kier molecular flexibility index (Phi) is 4.72. The number of hydrogen-bond acceptors (Lipinski definition) is 4. The third-order valence-electron chi connectivity index (χ3n) is 4.45. The number of rotatable bonds is 4. The van der Waals surface area contributed by atoms with Gasteiger partial charge in [-0.25, -0.2) is 4.79 Å². The average Bonchev–Trinajstić information content (AvgIpc) is 2.73. The SMILES string of the molecule is Cc1cccc(COC(=O)c2nn(-c3ccccc3)c(=O)c3ccccc23)c1. The minimum Gasteiger partial charge on any atom is -0.456 e. The summed E-state index contributed by atoms with van der Waals surface area (Å²) in [5.74, 6) is -0.567. The van der Waals surface area contributed by atoms with Gasteiger partial charge in [0, 0.05) is 5.39 Å². The summed E-state index contributed by atoms with van der Waals surface area (Å²) in [4.78, 5) is 25.7. The fourth-order valence-electron chi connectivity index (χ4n) is 3.10. The lowest BCUT2D eigenvalue weighted by atomic mass is 10.1. The molecule has 1 aromatic heterocycles. The highest BCUT2D eigenvalue weighted by Gasteiger charge is 2.18. The van der Waals surface area contributed by atoms with Gasteiger partial charge in [0.1, 0.15) is 6.61 Å². The van der Waals surface area contributed by atoms with Crippen LogP contribution in [0.4, 0.5) is 0 Å². The van der Waals surface area contributed by atoms with Crippen molar-refractivity contribution < 1.29 is 9.53 Å². The molecule has 0 saturated heterocycles. The second-order valence-electron chi connectivity index (χ2n) is 6.51. The van der Waals surface area contributed by atoms with Crippen LogP contribution < -0.4 is 5.56 Å². The number of ether oxygens (including phenoxy) is 1. The molecule has 5 nitrogen and oxygen atoms in total. The third-order valence-corrected chi connectivity index (χ3v) is 4.45. The van der Waals surface area contributed by atoms with Gasteiger partial charge in [-0.05, 0) is 30.7 Å². The predicted octanol–water partition coefficient (Wildman–Crippen LogP) is 4.05. The number of esters is 1. The van der Waals surface area contributed by atoms with Gasteiger partial charge in [-0.15, -0.1) is 0 Å². The molecule has 0 aliphatic rings. The molecule has 0 bridgehead atoms. The molecule has 0 fully saturated rings. The van der Waals surface area contributed by atoms with Crippen molar-refractivity contribution in [2.24, 2.45) is 0 Å². The molecule has 4 aromatic rings. The highest BCUT2D eigenvalue weighted by molar-refractivity contribution is 6.02. The van der Waals surface area contributed by atoms with E-state index < -0.39 is 5.97 Å². The van der Waals surface area contributed by atoms with Crippen molar-refractivity contribution in [3.8, 4) is 5.69 Å². The summed E-state index contributed by atoms with van der Waals surface area (Å²) in [7, 11) is 0. The van der Waals surface area contributed by atoms with E-state index in [0.717, 1.165) is 11.1 Å². The van der Waals surface area contributed by atoms with Gasteiger partial charge in [0.2, 0.25) is 0 Å². The molecule has 138 valence electrons. The maximum Gasteiger partial charge on any atom is 0.359 e. The molecule has 0 radical (unpaired) electrons. The lowest BCUT2D eigenvalue weighted by molar-refractivity contribution is 0.0466. The Hall–Kier alpha value is -3.73. The van der Waals surface area contributed by atoms with Gasteiger partial charge < -0.3 is 4.74 Å². The first-order chi connectivity index (χ1) is 13.6. The van der Waals surface area contributed by atoms with Crippen molar-refractivity contribution in [2.75, 3.05) is 0 Å². The Balaban J connectivity index is 1.76. The molecule has 3 aromatic carbocycles. The zero-order valence-corrected chi connectivity index (χ0v) is 15.3.